The van der Waals surface area contributed by atoms with Crippen LogP contribution in [0.3, 0.4) is 0 Å². The number of nitrogens with one attached hydrogen (secondary N) is 1. The molecule has 0 unspecified atom stereocenters. The van der Waals surface area contributed by atoms with E-state index in [1.807, 2.05) is 36.4 Å². The minimum atomic E-state index is -0.0459. The van der Waals surface area contributed by atoms with Crippen molar-refractivity contribution in [2.45, 2.75) is 12.6 Å². The van der Waals surface area contributed by atoms with Gasteiger partial charge in [0.1, 0.15) is 13.3 Å². The summed E-state index contributed by atoms with van der Waals surface area (Å²) in [7, 11) is 1.58. The Morgan fingerprint density at radius 1 is 1.24 bits per heavy atom. The highest BCUT2D eigenvalue weighted by atomic mass is 16.5. The molecule has 0 aromatic heterocycles. The smallest absolute Gasteiger partial charge is 0.258 e. The van der Waals surface area contributed by atoms with E-state index in [4.69, 9.17) is 14.2 Å². The second kappa shape index (κ2) is 6.64. The van der Waals surface area contributed by atoms with Gasteiger partial charge in [0.15, 0.2) is 11.5 Å². The van der Waals surface area contributed by atoms with E-state index in [1.165, 1.54) is 0 Å². The molecule has 0 saturated carbocycles. The zero-order valence-corrected chi connectivity index (χ0v) is 14.0. The quantitative estimate of drug-likeness (QED) is 0.927. The van der Waals surface area contributed by atoms with Gasteiger partial charge in [-0.15, -0.1) is 0 Å². The first-order chi connectivity index (χ1) is 12.3. The average Bonchev–Trinajstić information content (AvgIpc) is 3.08. The maximum Gasteiger partial charge on any atom is 0.258 e. The fourth-order valence-corrected chi connectivity index (χ4v) is 3.15. The zero-order valence-electron chi connectivity index (χ0n) is 14.0. The molecule has 1 fully saturated rings. The van der Waals surface area contributed by atoms with Crippen LogP contribution < -0.4 is 14.8 Å². The Balaban J connectivity index is 1.62. The Morgan fingerprint density at radius 3 is 2.88 bits per heavy atom. The number of carbonyl (C=O) groups excluding carboxylic acids is 1. The van der Waals surface area contributed by atoms with E-state index >= 15 is 0 Å². The predicted octanol–water partition coefficient (Wildman–Crippen LogP) is 2.50. The number of methoxy groups -OCH3 is 1. The Kier molecular flexibility index (Phi) is 4.19. The largest absolute Gasteiger partial charge is 0.493 e. The monoisotopic (exact) mass is 340 g/mol. The lowest BCUT2D eigenvalue weighted by molar-refractivity contribution is 0.0669. The topological polar surface area (TPSA) is 60.0 Å². The van der Waals surface area contributed by atoms with Crippen molar-refractivity contribution in [3.05, 3.63) is 53.6 Å². The van der Waals surface area contributed by atoms with Gasteiger partial charge in [-0.3, -0.25) is 4.79 Å². The third kappa shape index (κ3) is 3.00. The number of rotatable bonds is 4. The van der Waals surface area contributed by atoms with Crippen LogP contribution in [0.1, 0.15) is 15.9 Å². The van der Waals surface area contributed by atoms with Crippen LogP contribution in [0.2, 0.25) is 0 Å². The average molecular weight is 340 g/mol. The normalized spacial score (nSPS) is 18.8. The van der Waals surface area contributed by atoms with Crippen molar-refractivity contribution in [3.8, 4) is 11.5 Å². The fraction of sp³-hybridized carbons (Fsp3) is 0.316. The Bertz CT molecular complexity index is 778. The molecule has 2 aromatic carbocycles. The van der Waals surface area contributed by atoms with E-state index < -0.39 is 0 Å². The third-order valence-corrected chi connectivity index (χ3v) is 4.54. The van der Waals surface area contributed by atoms with E-state index in [9.17, 15) is 4.79 Å². The highest BCUT2D eigenvalue weighted by Gasteiger charge is 2.34. The third-order valence-electron chi connectivity index (χ3n) is 4.54. The Labute approximate surface area is 146 Å². The molecule has 0 bridgehead atoms. The molecule has 0 radical (unpaired) electrons. The number of nitrogens with zero attached hydrogens (tertiary/aromatic N) is 1. The van der Waals surface area contributed by atoms with Gasteiger partial charge in [-0.2, -0.15) is 0 Å². The Hall–Kier alpha value is -2.73. The summed E-state index contributed by atoms with van der Waals surface area (Å²) in [5.74, 6) is 1.11. The van der Waals surface area contributed by atoms with Crippen LogP contribution >= 0.6 is 0 Å². The number of hydrogen-bond acceptors (Lipinski definition) is 5. The summed E-state index contributed by atoms with van der Waals surface area (Å²) < 4.78 is 16.8. The van der Waals surface area contributed by atoms with Gasteiger partial charge in [0.05, 0.1) is 31.0 Å². The standard InChI is InChI=1S/C19H20N2O4/c1-23-17-7-15-16(20-9-14-11-24-12-21(14)19(15)22)8-18(17)25-10-13-5-3-2-4-6-13/h2-8,14,20H,9-12H2,1H3/t14-/m1/s1. The first-order valence-corrected chi connectivity index (χ1v) is 8.27. The van der Waals surface area contributed by atoms with Gasteiger partial charge in [-0.1, -0.05) is 30.3 Å². The second-order valence-electron chi connectivity index (χ2n) is 6.13. The highest BCUT2D eigenvalue weighted by molar-refractivity contribution is 6.01. The molecule has 2 aliphatic rings. The molecule has 2 heterocycles. The number of ether oxygens (including phenoxy) is 3. The van der Waals surface area contributed by atoms with Crippen molar-refractivity contribution in [3.63, 3.8) is 0 Å². The van der Waals surface area contributed by atoms with Crippen molar-refractivity contribution in [2.75, 3.05) is 32.3 Å². The van der Waals surface area contributed by atoms with Gasteiger partial charge in [-0.25, -0.2) is 0 Å². The molecule has 25 heavy (non-hydrogen) atoms. The van der Waals surface area contributed by atoms with Crippen molar-refractivity contribution >= 4 is 11.6 Å². The van der Waals surface area contributed by atoms with Crippen molar-refractivity contribution < 1.29 is 19.0 Å². The van der Waals surface area contributed by atoms with Crippen LogP contribution in [0.5, 0.6) is 11.5 Å². The minimum Gasteiger partial charge on any atom is -0.493 e. The molecule has 6 heteroatoms. The molecule has 0 aliphatic carbocycles. The van der Waals surface area contributed by atoms with E-state index in [0.29, 0.717) is 43.6 Å². The molecule has 1 N–H and O–H groups in total. The molecule has 1 amide bonds. The van der Waals surface area contributed by atoms with Crippen LogP contribution in [-0.2, 0) is 11.3 Å². The molecule has 0 spiro atoms. The van der Waals surface area contributed by atoms with Gasteiger partial charge in [0.2, 0.25) is 0 Å². The number of carbonyl (C=O) groups is 1. The predicted molar refractivity (Wildman–Crippen MR) is 93.0 cm³/mol. The van der Waals surface area contributed by atoms with Gasteiger partial charge in [0.25, 0.3) is 5.91 Å². The molecular weight excluding hydrogens is 320 g/mol. The molecule has 2 aromatic rings. The summed E-state index contributed by atoms with van der Waals surface area (Å²) in [5.41, 5.74) is 2.42. The van der Waals surface area contributed by atoms with Crippen LogP contribution in [-0.4, -0.2) is 43.8 Å². The lowest BCUT2D eigenvalue weighted by Crippen LogP contribution is -2.38. The SMILES string of the molecule is COc1cc2c(cc1OCc1ccccc1)NC[C@@H]1COCN1C2=O. The summed E-state index contributed by atoms with van der Waals surface area (Å²) in [6, 6.07) is 13.6. The Morgan fingerprint density at radius 2 is 2.08 bits per heavy atom. The van der Waals surface area contributed by atoms with Crippen LogP contribution in [0.25, 0.3) is 0 Å². The van der Waals surface area contributed by atoms with E-state index in [2.05, 4.69) is 5.32 Å². The highest BCUT2D eigenvalue weighted by Crippen LogP contribution is 2.36. The van der Waals surface area contributed by atoms with Crippen molar-refractivity contribution in [2.24, 2.45) is 0 Å². The molecule has 6 nitrogen and oxygen atoms in total. The van der Waals surface area contributed by atoms with Crippen LogP contribution in [0, 0.1) is 0 Å². The van der Waals surface area contributed by atoms with Crippen molar-refractivity contribution in [1.29, 1.82) is 0 Å². The zero-order chi connectivity index (χ0) is 17.2. The first-order valence-electron chi connectivity index (χ1n) is 8.27. The summed E-state index contributed by atoms with van der Waals surface area (Å²) >= 11 is 0. The van der Waals surface area contributed by atoms with Crippen molar-refractivity contribution in [1.82, 2.24) is 4.90 Å². The minimum absolute atomic E-state index is 0.0459. The van der Waals surface area contributed by atoms with Crippen LogP contribution in [0.4, 0.5) is 5.69 Å². The molecule has 1 atom stereocenters. The maximum atomic E-state index is 12.8. The van der Waals surface area contributed by atoms with E-state index in [-0.39, 0.29) is 11.9 Å². The summed E-state index contributed by atoms with van der Waals surface area (Å²) in [6.07, 6.45) is 0. The molecule has 1 saturated heterocycles. The molecular formula is C19H20N2O4. The number of fused-ring (bicyclic) bond motifs is 2. The summed E-state index contributed by atoms with van der Waals surface area (Å²) in [5, 5.41) is 3.34. The van der Waals surface area contributed by atoms with Gasteiger partial charge >= 0.3 is 0 Å². The molecule has 4 rings (SSSR count). The van der Waals surface area contributed by atoms with E-state index in [0.717, 1.165) is 11.3 Å². The first kappa shape index (κ1) is 15.8. The summed E-state index contributed by atoms with van der Waals surface area (Å²) in [4.78, 5) is 14.5. The summed E-state index contributed by atoms with van der Waals surface area (Å²) in [6.45, 7) is 1.98. The van der Waals surface area contributed by atoms with E-state index in [1.54, 1.807) is 18.1 Å². The molecule has 2 aliphatic heterocycles. The van der Waals surface area contributed by atoms with Crippen LogP contribution in [0.15, 0.2) is 42.5 Å². The number of hydrogen-bond donors (Lipinski definition) is 1. The number of amides is 1. The van der Waals surface area contributed by atoms with Gasteiger partial charge in [0, 0.05) is 12.6 Å². The maximum absolute atomic E-state index is 12.8. The lowest BCUT2D eigenvalue weighted by Gasteiger charge is -2.19. The number of benzene rings is 2. The van der Waals surface area contributed by atoms with Gasteiger partial charge < -0.3 is 24.4 Å². The fourth-order valence-electron chi connectivity index (χ4n) is 3.15. The molecule has 130 valence electrons. The second-order valence-corrected chi connectivity index (χ2v) is 6.13. The van der Waals surface area contributed by atoms with Gasteiger partial charge in [-0.05, 0) is 11.6 Å². The lowest BCUT2D eigenvalue weighted by atomic mass is 10.1. The number of anilines is 1.